The standard InChI is InChI=1S/C13H18/c1-10(12-9-13(12,2)3)11-7-5-4-6-8-11/h4-8,10,12H,9H2,1-3H3/t10-,12+/m1/s1. The van der Waals surface area contributed by atoms with E-state index in [9.17, 15) is 0 Å². The number of hydrogen-bond acceptors (Lipinski definition) is 0. The number of rotatable bonds is 2. The lowest BCUT2D eigenvalue weighted by Crippen LogP contribution is -2.00. The molecule has 1 aliphatic carbocycles. The van der Waals surface area contributed by atoms with Crippen LogP contribution in [0.3, 0.4) is 0 Å². The minimum atomic E-state index is 0.593. The van der Waals surface area contributed by atoms with Crippen molar-refractivity contribution in [1.29, 1.82) is 0 Å². The molecule has 2 rings (SSSR count). The van der Waals surface area contributed by atoms with Crippen LogP contribution >= 0.6 is 0 Å². The van der Waals surface area contributed by atoms with Gasteiger partial charge in [-0.05, 0) is 29.2 Å². The van der Waals surface area contributed by atoms with E-state index in [1.165, 1.54) is 12.0 Å². The van der Waals surface area contributed by atoms with E-state index in [-0.39, 0.29) is 0 Å². The Morgan fingerprint density at radius 3 is 2.23 bits per heavy atom. The lowest BCUT2D eigenvalue weighted by Gasteiger charge is -2.13. The Balaban J connectivity index is 2.12. The van der Waals surface area contributed by atoms with E-state index in [1.807, 2.05) is 0 Å². The first kappa shape index (κ1) is 8.80. The Morgan fingerprint density at radius 2 is 1.77 bits per heavy atom. The van der Waals surface area contributed by atoms with Gasteiger partial charge in [-0.15, -0.1) is 0 Å². The molecule has 2 atom stereocenters. The summed E-state index contributed by atoms with van der Waals surface area (Å²) >= 11 is 0. The van der Waals surface area contributed by atoms with E-state index < -0.39 is 0 Å². The highest BCUT2D eigenvalue weighted by Crippen LogP contribution is 2.58. The van der Waals surface area contributed by atoms with Crippen LogP contribution in [0.1, 0.15) is 38.7 Å². The van der Waals surface area contributed by atoms with Gasteiger partial charge in [0.25, 0.3) is 0 Å². The Kier molecular flexibility index (Phi) is 1.94. The molecule has 0 radical (unpaired) electrons. The Labute approximate surface area is 81.0 Å². The first-order valence-electron chi connectivity index (χ1n) is 5.16. The summed E-state index contributed by atoms with van der Waals surface area (Å²) in [7, 11) is 0. The molecule has 1 aliphatic rings. The fourth-order valence-corrected chi connectivity index (χ4v) is 2.35. The summed E-state index contributed by atoms with van der Waals surface area (Å²) in [5.74, 6) is 1.63. The normalized spacial score (nSPS) is 26.8. The molecule has 0 nitrogen and oxygen atoms in total. The fourth-order valence-electron chi connectivity index (χ4n) is 2.35. The average molecular weight is 174 g/mol. The second-order valence-corrected chi connectivity index (χ2v) is 5.00. The number of benzene rings is 1. The zero-order valence-corrected chi connectivity index (χ0v) is 8.75. The Bertz CT molecular complexity index is 284. The van der Waals surface area contributed by atoms with Crippen LogP contribution < -0.4 is 0 Å². The van der Waals surface area contributed by atoms with Gasteiger partial charge in [-0.3, -0.25) is 0 Å². The molecule has 1 aromatic rings. The van der Waals surface area contributed by atoms with Crippen molar-refractivity contribution in [2.75, 3.05) is 0 Å². The van der Waals surface area contributed by atoms with E-state index in [1.54, 1.807) is 0 Å². The molecule has 0 aliphatic heterocycles. The van der Waals surface area contributed by atoms with Gasteiger partial charge in [0.1, 0.15) is 0 Å². The first-order valence-corrected chi connectivity index (χ1v) is 5.16. The molecule has 1 saturated carbocycles. The quantitative estimate of drug-likeness (QED) is 0.639. The van der Waals surface area contributed by atoms with Gasteiger partial charge in [0.15, 0.2) is 0 Å². The van der Waals surface area contributed by atoms with Crippen molar-refractivity contribution in [1.82, 2.24) is 0 Å². The maximum absolute atomic E-state index is 2.37. The van der Waals surface area contributed by atoms with Crippen molar-refractivity contribution < 1.29 is 0 Å². The highest BCUT2D eigenvalue weighted by molar-refractivity contribution is 5.22. The molecule has 0 bridgehead atoms. The zero-order chi connectivity index (χ0) is 9.47. The summed E-state index contributed by atoms with van der Waals surface area (Å²) < 4.78 is 0. The molecule has 0 spiro atoms. The van der Waals surface area contributed by atoms with Gasteiger partial charge in [-0.25, -0.2) is 0 Å². The average Bonchev–Trinajstić information content (AvgIpc) is 2.76. The maximum atomic E-state index is 2.37. The Hall–Kier alpha value is -0.780. The lowest BCUT2D eigenvalue weighted by molar-refractivity contribution is 0.504. The van der Waals surface area contributed by atoms with Crippen molar-refractivity contribution in [3.63, 3.8) is 0 Å². The van der Waals surface area contributed by atoms with Crippen LogP contribution in [0, 0.1) is 11.3 Å². The third-order valence-corrected chi connectivity index (χ3v) is 3.52. The van der Waals surface area contributed by atoms with Crippen molar-refractivity contribution in [2.24, 2.45) is 11.3 Å². The van der Waals surface area contributed by atoms with Crippen LogP contribution in [0.2, 0.25) is 0 Å². The van der Waals surface area contributed by atoms with Crippen LogP contribution in [-0.4, -0.2) is 0 Å². The Morgan fingerprint density at radius 1 is 1.23 bits per heavy atom. The van der Waals surface area contributed by atoms with Crippen LogP contribution in [-0.2, 0) is 0 Å². The third kappa shape index (κ3) is 1.63. The number of hydrogen-bond donors (Lipinski definition) is 0. The molecule has 0 saturated heterocycles. The highest BCUT2D eigenvalue weighted by Gasteiger charge is 2.48. The SMILES string of the molecule is C[C@H](c1ccccc1)[C@@H]1CC1(C)C. The van der Waals surface area contributed by atoms with E-state index in [2.05, 4.69) is 51.1 Å². The largest absolute Gasteiger partial charge is 0.0622 e. The summed E-state index contributed by atoms with van der Waals surface area (Å²) in [6.45, 7) is 7.10. The van der Waals surface area contributed by atoms with Crippen LogP contribution in [0.25, 0.3) is 0 Å². The molecule has 0 aromatic heterocycles. The fraction of sp³-hybridized carbons (Fsp3) is 0.538. The molecule has 70 valence electrons. The minimum absolute atomic E-state index is 0.593. The molecule has 0 heteroatoms. The molecule has 13 heavy (non-hydrogen) atoms. The molecule has 1 fully saturated rings. The minimum Gasteiger partial charge on any atom is -0.0622 e. The van der Waals surface area contributed by atoms with Crippen LogP contribution in [0.5, 0.6) is 0 Å². The van der Waals surface area contributed by atoms with Crippen LogP contribution in [0.4, 0.5) is 0 Å². The second kappa shape index (κ2) is 2.87. The zero-order valence-electron chi connectivity index (χ0n) is 8.75. The summed E-state index contributed by atoms with van der Waals surface area (Å²) in [6, 6.07) is 10.9. The molecule has 0 amide bonds. The highest BCUT2D eigenvalue weighted by atomic mass is 14.5. The van der Waals surface area contributed by atoms with Gasteiger partial charge < -0.3 is 0 Å². The smallest absolute Gasteiger partial charge is 0.0157 e. The van der Waals surface area contributed by atoms with Crippen molar-refractivity contribution in [2.45, 2.75) is 33.1 Å². The van der Waals surface area contributed by atoms with E-state index >= 15 is 0 Å². The van der Waals surface area contributed by atoms with Crippen molar-refractivity contribution in [3.8, 4) is 0 Å². The molecule has 0 unspecified atom stereocenters. The summed E-state index contributed by atoms with van der Waals surface area (Å²) in [6.07, 6.45) is 1.39. The van der Waals surface area contributed by atoms with E-state index in [4.69, 9.17) is 0 Å². The molecular formula is C13H18. The predicted octanol–water partition coefficient (Wildman–Crippen LogP) is 3.84. The summed E-state index contributed by atoms with van der Waals surface area (Å²) in [4.78, 5) is 0. The van der Waals surface area contributed by atoms with Gasteiger partial charge in [0.05, 0.1) is 0 Å². The summed E-state index contributed by atoms with van der Waals surface area (Å²) in [5, 5.41) is 0. The predicted molar refractivity (Wildman–Crippen MR) is 56.7 cm³/mol. The monoisotopic (exact) mass is 174 g/mol. The van der Waals surface area contributed by atoms with E-state index in [0.717, 1.165) is 11.8 Å². The van der Waals surface area contributed by atoms with Gasteiger partial charge >= 0.3 is 0 Å². The molecule has 1 aromatic carbocycles. The molecule has 0 N–H and O–H groups in total. The lowest BCUT2D eigenvalue weighted by atomic mass is 9.92. The second-order valence-electron chi connectivity index (χ2n) is 5.00. The first-order chi connectivity index (χ1) is 6.11. The third-order valence-electron chi connectivity index (χ3n) is 3.52. The van der Waals surface area contributed by atoms with Gasteiger partial charge in [0, 0.05) is 0 Å². The van der Waals surface area contributed by atoms with E-state index in [0.29, 0.717) is 5.41 Å². The van der Waals surface area contributed by atoms with Gasteiger partial charge in [0.2, 0.25) is 0 Å². The molecular weight excluding hydrogens is 156 g/mol. The van der Waals surface area contributed by atoms with Gasteiger partial charge in [-0.1, -0.05) is 51.1 Å². The van der Waals surface area contributed by atoms with Crippen molar-refractivity contribution in [3.05, 3.63) is 35.9 Å². The topological polar surface area (TPSA) is 0 Å². The summed E-state index contributed by atoms with van der Waals surface area (Å²) in [5.41, 5.74) is 2.09. The maximum Gasteiger partial charge on any atom is -0.0157 e. The van der Waals surface area contributed by atoms with Crippen LogP contribution in [0.15, 0.2) is 30.3 Å². The molecule has 0 heterocycles. The van der Waals surface area contributed by atoms with Crippen molar-refractivity contribution >= 4 is 0 Å². The van der Waals surface area contributed by atoms with Gasteiger partial charge in [-0.2, -0.15) is 0 Å².